The number of hydrogen-bond acceptors (Lipinski definition) is 6. The Balaban J connectivity index is 1.37. The quantitative estimate of drug-likeness (QED) is 0.400. The Bertz CT molecular complexity index is 1260. The third-order valence-corrected chi connectivity index (χ3v) is 6.03. The van der Waals surface area contributed by atoms with Gasteiger partial charge in [-0.3, -0.25) is 19.7 Å². The Morgan fingerprint density at radius 2 is 1.66 bits per heavy atom. The molecule has 1 heterocycles. The summed E-state index contributed by atoms with van der Waals surface area (Å²) in [4.78, 5) is 40.0. The minimum Gasteiger partial charge on any atom is -0.496 e. The molecule has 0 atom stereocenters. The van der Waals surface area contributed by atoms with Gasteiger partial charge in [-0.05, 0) is 48.5 Å². The van der Waals surface area contributed by atoms with Crippen LogP contribution < -0.4 is 15.0 Å². The van der Waals surface area contributed by atoms with Crippen LogP contribution in [0.3, 0.4) is 0 Å². The van der Waals surface area contributed by atoms with Crippen molar-refractivity contribution in [1.29, 1.82) is 0 Å². The summed E-state index contributed by atoms with van der Waals surface area (Å²) in [6.45, 7) is 2.34. The number of nitrogens with zero attached hydrogens (tertiary/aromatic N) is 3. The molecule has 1 aliphatic rings. The third-order valence-electron chi connectivity index (χ3n) is 5.79. The Morgan fingerprint density at radius 1 is 0.971 bits per heavy atom. The smallest absolute Gasteiger partial charge is 0.282 e. The molecular weight excluding hydrogens is 472 g/mol. The van der Waals surface area contributed by atoms with Crippen molar-refractivity contribution in [3.05, 3.63) is 93.0 Å². The molecular formula is C25H23ClN4O5. The summed E-state index contributed by atoms with van der Waals surface area (Å²) >= 11 is 6.07. The standard InChI is InChI=1S/C25H23ClN4O5/c1-35-23-11-6-17(26)16-21(23)25(32)29-14-12-28(13-15-29)19-9-7-18(8-10-19)27-24(31)20-4-2-3-5-22(20)30(33)34/h2-11,16H,12-15H2,1H3,(H,27,31). The molecule has 0 bridgehead atoms. The predicted molar refractivity (Wildman–Crippen MR) is 134 cm³/mol. The normalized spacial score (nSPS) is 13.3. The second-order valence-electron chi connectivity index (χ2n) is 7.90. The summed E-state index contributed by atoms with van der Waals surface area (Å²) in [6, 6.07) is 18.0. The van der Waals surface area contributed by atoms with Gasteiger partial charge in [0.25, 0.3) is 17.5 Å². The number of nitro benzene ring substituents is 1. The lowest BCUT2D eigenvalue weighted by Gasteiger charge is -2.36. The molecule has 0 aromatic heterocycles. The van der Waals surface area contributed by atoms with E-state index in [9.17, 15) is 19.7 Å². The van der Waals surface area contributed by atoms with E-state index in [0.717, 1.165) is 5.69 Å². The lowest BCUT2D eigenvalue weighted by Crippen LogP contribution is -2.48. The van der Waals surface area contributed by atoms with Crippen molar-refractivity contribution < 1.29 is 19.2 Å². The highest BCUT2D eigenvalue weighted by Crippen LogP contribution is 2.26. The number of carbonyl (C=O) groups excluding carboxylic acids is 2. The second-order valence-corrected chi connectivity index (χ2v) is 8.34. The molecule has 3 aromatic rings. The molecule has 10 heteroatoms. The van der Waals surface area contributed by atoms with E-state index in [2.05, 4.69) is 10.2 Å². The van der Waals surface area contributed by atoms with Gasteiger partial charge in [0.2, 0.25) is 0 Å². The van der Waals surface area contributed by atoms with Gasteiger partial charge < -0.3 is 19.9 Å². The molecule has 3 aromatic carbocycles. The number of carbonyl (C=O) groups is 2. The maximum Gasteiger partial charge on any atom is 0.282 e. The van der Waals surface area contributed by atoms with E-state index in [-0.39, 0.29) is 17.2 Å². The van der Waals surface area contributed by atoms with Crippen molar-refractivity contribution in [3.63, 3.8) is 0 Å². The van der Waals surface area contributed by atoms with E-state index in [4.69, 9.17) is 16.3 Å². The first-order chi connectivity index (χ1) is 16.9. The average molecular weight is 495 g/mol. The minimum atomic E-state index is -0.579. The first-order valence-corrected chi connectivity index (χ1v) is 11.3. The van der Waals surface area contributed by atoms with Gasteiger partial charge in [0.05, 0.1) is 17.6 Å². The summed E-state index contributed by atoms with van der Waals surface area (Å²) in [6.07, 6.45) is 0. The Kier molecular flexibility index (Phi) is 7.17. The molecule has 1 fully saturated rings. The van der Waals surface area contributed by atoms with Crippen molar-refractivity contribution in [1.82, 2.24) is 4.90 Å². The highest BCUT2D eigenvalue weighted by atomic mass is 35.5. The number of hydrogen-bond donors (Lipinski definition) is 1. The van der Waals surface area contributed by atoms with Gasteiger partial charge in [-0.25, -0.2) is 0 Å². The van der Waals surface area contributed by atoms with E-state index in [0.29, 0.717) is 48.2 Å². The van der Waals surface area contributed by atoms with Crippen LogP contribution >= 0.6 is 11.6 Å². The molecule has 2 amide bonds. The largest absolute Gasteiger partial charge is 0.496 e. The summed E-state index contributed by atoms with van der Waals surface area (Å²) < 4.78 is 5.31. The Hall–Kier alpha value is -4.11. The van der Waals surface area contributed by atoms with E-state index in [1.807, 2.05) is 12.1 Å². The maximum atomic E-state index is 13.0. The molecule has 4 rings (SSSR count). The summed E-state index contributed by atoms with van der Waals surface area (Å²) in [7, 11) is 1.52. The molecule has 0 aliphatic carbocycles. The van der Waals surface area contributed by atoms with E-state index in [1.54, 1.807) is 41.3 Å². The van der Waals surface area contributed by atoms with Gasteiger partial charge in [-0.2, -0.15) is 0 Å². The minimum absolute atomic E-state index is 0.00120. The molecule has 0 radical (unpaired) electrons. The molecule has 1 N–H and O–H groups in total. The van der Waals surface area contributed by atoms with Gasteiger partial charge in [0, 0.05) is 48.6 Å². The van der Waals surface area contributed by atoms with Crippen molar-refractivity contribution in [2.45, 2.75) is 0 Å². The third kappa shape index (κ3) is 5.36. The van der Waals surface area contributed by atoms with Crippen LogP contribution in [0.25, 0.3) is 0 Å². The number of piperazine rings is 1. The molecule has 0 unspecified atom stereocenters. The number of ether oxygens (including phenoxy) is 1. The average Bonchev–Trinajstić information content (AvgIpc) is 2.88. The van der Waals surface area contributed by atoms with Crippen LogP contribution in [0.2, 0.25) is 5.02 Å². The fraction of sp³-hybridized carbons (Fsp3) is 0.200. The fourth-order valence-electron chi connectivity index (χ4n) is 3.96. The number of rotatable bonds is 6. The van der Waals surface area contributed by atoms with Crippen molar-refractivity contribution in [2.75, 3.05) is 43.5 Å². The van der Waals surface area contributed by atoms with Gasteiger partial charge in [-0.1, -0.05) is 23.7 Å². The first kappa shape index (κ1) is 24.0. The number of nitrogens with one attached hydrogen (secondary N) is 1. The number of methoxy groups -OCH3 is 1. The van der Waals surface area contributed by atoms with Crippen LogP contribution in [0, 0.1) is 10.1 Å². The predicted octanol–water partition coefficient (Wildman–Crippen LogP) is 4.47. The zero-order valence-corrected chi connectivity index (χ0v) is 19.7. The van der Waals surface area contributed by atoms with Crippen LogP contribution in [0.4, 0.5) is 17.1 Å². The highest BCUT2D eigenvalue weighted by molar-refractivity contribution is 6.31. The van der Waals surface area contributed by atoms with E-state index in [1.165, 1.54) is 25.3 Å². The number of benzene rings is 3. The Morgan fingerprint density at radius 3 is 2.31 bits per heavy atom. The molecule has 0 spiro atoms. The molecule has 1 saturated heterocycles. The summed E-state index contributed by atoms with van der Waals surface area (Å²) in [5, 5.41) is 14.4. The summed E-state index contributed by atoms with van der Waals surface area (Å²) in [5.74, 6) is -0.189. The van der Waals surface area contributed by atoms with Crippen molar-refractivity contribution >= 4 is 40.5 Å². The lowest BCUT2D eigenvalue weighted by molar-refractivity contribution is -0.385. The number of amides is 2. The van der Waals surface area contributed by atoms with Crippen LogP contribution in [-0.2, 0) is 0 Å². The van der Waals surface area contributed by atoms with Crippen molar-refractivity contribution in [3.8, 4) is 5.75 Å². The van der Waals surface area contributed by atoms with Gasteiger partial charge in [0.1, 0.15) is 11.3 Å². The van der Waals surface area contributed by atoms with Gasteiger partial charge >= 0.3 is 0 Å². The van der Waals surface area contributed by atoms with Crippen molar-refractivity contribution in [2.24, 2.45) is 0 Å². The van der Waals surface area contributed by atoms with Gasteiger partial charge in [0.15, 0.2) is 0 Å². The summed E-state index contributed by atoms with van der Waals surface area (Å²) in [5.41, 5.74) is 1.66. The number of nitro groups is 1. The molecule has 1 aliphatic heterocycles. The topological polar surface area (TPSA) is 105 Å². The molecule has 35 heavy (non-hydrogen) atoms. The first-order valence-electron chi connectivity index (χ1n) is 10.9. The number of halogens is 1. The zero-order valence-electron chi connectivity index (χ0n) is 18.9. The zero-order chi connectivity index (χ0) is 24.9. The second kappa shape index (κ2) is 10.4. The lowest BCUT2D eigenvalue weighted by atomic mass is 10.1. The van der Waals surface area contributed by atoms with Gasteiger partial charge in [-0.15, -0.1) is 0 Å². The molecule has 180 valence electrons. The van der Waals surface area contributed by atoms with E-state index < -0.39 is 10.8 Å². The monoisotopic (exact) mass is 494 g/mol. The fourth-order valence-corrected chi connectivity index (χ4v) is 4.14. The van der Waals surface area contributed by atoms with Crippen LogP contribution in [0.15, 0.2) is 66.7 Å². The van der Waals surface area contributed by atoms with Crippen LogP contribution in [0.5, 0.6) is 5.75 Å². The number of para-hydroxylation sites is 1. The molecule has 9 nitrogen and oxygen atoms in total. The number of anilines is 2. The Labute approximate surface area is 207 Å². The van der Waals surface area contributed by atoms with Crippen LogP contribution in [-0.4, -0.2) is 54.9 Å². The SMILES string of the molecule is COc1ccc(Cl)cc1C(=O)N1CCN(c2ccc(NC(=O)c3ccccc3[N+](=O)[O-])cc2)CC1. The molecule has 0 saturated carbocycles. The highest BCUT2D eigenvalue weighted by Gasteiger charge is 2.25. The maximum absolute atomic E-state index is 13.0. The van der Waals surface area contributed by atoms with Crippen LogP contribution in [0.1, 0.15) is 20.7 Å². The van der Waals surface area contributed by atoms with E-state index >= 15 is 0 Å².